The second-order valence-corrected chi connectivity index (χ2v) is 6.77. The highest BCUT2D eigenvalue weighted by Crippen LogP contribution is 2.28. The first kappa shape index (κ1) is 18.3. The highest BCUT2D eigenvalue weighted by Gasteiger charge is 2.27. The summed E-state index contributed by atoms with van der Waals surface area (Å²) in [4.78, 5) is 19.1. The summed E-state index contributed by atoms with van der Waals surface area (Å²) in [5.41, 5.74) is 3.46. The molecular formula is C21H20FN3O3. The first-order chi connectivity index (χ1) is 13.5. The van der Waals surface area contributed by atoms with Gasteiger partial charge in [0, 0.05) is 12.1 Å². The highest BCUT2D eigenvalue weighted by molar-refractivity contribution is 5.94. The van der Waals surface area contributed by atoms with Gasteiger partial charge in [-0.15, -0.1) is 0 Å². The molecule has 1 atom stereocenters. The van der Waals surface area contributed by atoms with E-state index in [0.717, 1.165) is 22.6 Å². The molecular weight excluding hydrogens is 361 g/mol. The predicted octanol–water partition coefficient (Wildman–Crippen LogP) is 3.71. The van der Waals surface area contributed by atoms with Gasteiger partial charge < -0.3 is 14.2 Å². The van der Waals surface area contributed by atoms with Crippen LogP contribution in [-0.2, 0) is 4.74 Å². The highest BCUT2D eigenvalue weighted by atomic mass is 19.1. The maximum Gasteiger partial charge on any atom is 0.254 e. The van der Waals surface area contributed by atoms with Gasteiger partial charge in [0.2, 0.25) is 0 Å². The van der Waals surface area contributed by atoms with Crippen LogP contribution in [-0.4, -0.2) is 40.6 Å². The van der Waals surface area contributed by atoms with Gasteiger partial charge in [0.1, 0.15) is 17.7 Å². The molecule has 3 heterocycles. The minimum atomic E-state index is -0.426. The van der Waals surface area contributed by atoms with E-state index in [1.807, 2.05) is 32.0 Å². The Morgan fingerprint density at radius 2 is 2.04 bits per heavy atom. The minimum absolute atomic E-state index is 0.213. The van der Waals surface area contributed by atoms with E-state index in [2.05, 4.69) is 5.16 Å². The molecule has 1 aliphatic rings. The van der Waals surface area contributed by atoms with Crippen LogP contribution in [0.2, 0.25) is 0 Å². The lowest BCUT2D eigenvalue weighted by molar-refractivity contribution is -0.0246. The van der Waals surface area contributed by atoms with E-state index < -0.39 is 5.82 Å². The van der Waals surface area contributed by atoms with Crippen molar-refractivity contribution in [1.82, 2.24) is 15.0 Å². The Balaban J connectivity index is 1.57. The number of morpholine rings is 1. The van der Waals surface area contributed by atoms with Gasteiger partial charge in [-0.05, 0) is 44.2 Å². The second kappa shape index (κ2) is 7.52. The fourth-order valence-electron chi connectivity index (χ4n) is 3.44. The average molecular weight is 381 g/mol. The molecule has 0 N–H and O–H groups in total. The van der Waals surface area contributed by atoms with Crippen molar-refractivity contribution in [3.63, 3.8) is 0 Å². The first-order valence-corrected chi connectivity index (χ1v) is 9.09. The van der Waals surface area contributed by atoms with E-state index in [0.29, 0.717) is 31.0 Å². The SMILES string of the molecule is Cc1noc(C)c1-c1cccc(C2CN(C(=O)c3cccc(F)c3)CCO2)n1. The fraction of sp³-hybridized carbons (Fsp3) is 0.286. The lowest BCUT2D eigenvalue weighted by Gasteiger charge is -2.33. The molecule has 1 aromatic carbocycles. The number of amides is 1. The molecule has 2 aromatic heterocycles. The Hall–Kier alpha value is -3.06. The fourth-order valence-corrected chi connectivity index (χ4v) is 3.44. The van der Waals surface area contributed by atoms with Crippen molar-refractivity contribution in [2.45, 2.75) is 20.0 Å². The summed E-state index contributed by atoms with van der Waals surface area (Å²) in [6.45, 7) is 4.92. The summed E-state index contributed by atoms with van der Waals surface area (Å²) in [6.07, 6.45) is -0.355. The molecule has 6 nitrogen and oxygen atoms in total. The first-order valence-electron chi connectivity index (χ1n) is 9.09. The lowest BCUT2D eigenvalue weighted by Crippen LogP contribution is -2.42. The number of halogens is 1. The van der Waals surface area contributed by atoms with Gasteiger partial charge in [-0.25, -0.2) is 9.37 Å². The number of pyridine rings is 1. The second-order valence-electron chi connectivity index (χ2n) is 6.77. The molecule has 3 aromatic rings. The molecule has 1 saturated heterocycles. The summed E-state index contributed by atoms with van der Waals surface area (Å²) >= 11 is 0. The van der Waals surface area contributed by atoms with Crippen LogP contribution in [0, 0.1) is 19.7 Å². The van der Waals surface area contributed by atoms with E-state index in [4.69, 9.17) is 14.2 Å². The van der Waals surface area contributed by atoms with Crippen molar-refractivity contribution in [1.29, 1.82) is 0 Å². The van der Waals surface area contributed by atoms with E-state index in [-0.39, 0.29) is 12.0 Å². The maximum atomic E-state index is 13.5. The summed E-state index contributed by atoms with van der Waals surface area (Å²) in [7, 11) is 0. The van der Waals surface area contributed by atoms with Crippen LogP contribution in [0.5, 0.6) is 0 Å². The number of benzene rings is 1. The lowest BCUT2D eigenvalue weighted by atomic mass is 10.1. The van der Waals surface area contributed by atoms with Gasteiger partial charge in [-0.1, -0.05) is 17.3 Å². The van der Waals surface area contributed by atoms with Crippen LogP contribution in [0.3, 0.4) is 0 Å². The van der Waals surface area contributed by atoms with Crippen LogP contribution in [0.1, 0.15) is 33.6 Å². The van der Waals surface area contributed by atoms with Crippen molar-refractivity contribution >= 4 is 5.91 Å². The van der Waals surface area contributed by atoms with Gasteiger partial charge in [-0.3, -0.25) is 4.79 Å². The Morgan fingerprint density at radius 1 is 1.21 bits per heavy atom. The molecule has 7 heteroatoms. The van der Waals surface area contributed by atoms with Gasteiger partial charge in [0.25, 0.3) is 5.91 Å². The van der Waals surface area contributed by atoms with E-state index in [9.17, 15) is 9.18 Å². The van der Waals surface area contributed by atoms with Crippen molar-refractivity contribution in [3.05, 3.63) is 71.0 Å². The van der Waals surface area contributed by atoms with Gasteiger partial charge in [0.05, 0.1) is 35.8 Å². The molecule has 0 radical (unpaired) electrons. The molecule has 0 aliphatic carbocycles. The Labute approximate surface area is 161 Å². The van der Waals surface area contributed by atoms with Crippen molar-refractivity contribution in [3.8, 4) is 11.3 Å². The molecule has 4 rings (SSSR count). The number of hydrogen-bond donors (Lipinski definition) is 0. The van der Waals surface area contributed by atoms with Crippen molar-refractivity contribution in [2.24, 2.45) is 0 Å². The summed E-state index contributed by atoms with van der Waals surface area (Å²) in [6, 6.07) is 11.4. The molecule has 0 saturated carbocycles. The van der Waals surface area contributed by atoms with Crippen molar-refractivity contribution in [2.75, 3.05) is 19.7 Å². The monoisotopic (exact) mass is 381 g/mol. The average Bonchev–Trinajstić information content (AvgIpc) is 3.06. The molecule has 144 valence electrons. The van der Waals surface area contributed by atoms with E-state index in [1.165, 1.54) is 18.2 Å². The van der Waals surface area contributed by atoms with Crippen LogP contribution in [0.15, 0.2) is 47.0 Å². The number of carbonyl (C=O) groups excluding carboxylic acids is 1. The normalized spacial score (nSPS) is 17.0. The molecule has 1 fully saturated rings. The third-order valence-electron chi connectivity index (χ3n) is 4.82. The zero-order chi connectivity index (χ0) is 19.7. The third-order valence-corrected chi connectivity index (χ3v) is 4.82. The summed E-state index contributed by atoms with van der Waals surface area (Å²) < 4.78 is 24.6. The molecule has 1 unspecified atom stereocenters. The number of hydrogen-bond acceptors (Lipinski definition) is 5. The van der Waals surface area contributed by atoms with Crippen LogP contribution < -0.4 is 0 Å². The largest absolute Gasteiger partial charge is 0.368 e. The Kier molecular flexibility index (Phi) is 4.92. The van der Waals surface area contributed by atoms with E-state index in [1.54, 1.807) is 11.0 Å². The summed E-state index contributed by atoms with van der Waals surface area (Å²) in [5.74, 6) is 0.0637. The van der Waals surface area contributed by atoms with Crippen LogP contribution in [0.25, 0.3) is 11.3 Å². The number of aryl methyl sites for hydroxylation is 2. The van der Waals surface area contributed by atoms with E-state index >= 15 is 0 Å². The molecule has 28 heavy (non-hydrogen) atoms. The zero-order valence-electron chi connectivity index (χ0n) is 15.7. The van der Waals surface area contributed by atoms with Gasteiger partial charge >= 0.3 is 0 Å². The minimum Gasteiger partial charge on any atom is -0.368 e. The third kappa shape index (κ3) is 3.53. The quantitative estimate of drug-likeness (QED) is 0.692. The maximum absolute atomic E-state index is 13.5. The Bertz CT molecular complexity index is 998. The number of rotatable bonds is 3. The predicted molar refractivity (Wildman–Crippen MR) is 100 cm³/mol. The number of aromatic nitrogens is 2. The van der Waals surface area contributed by atoms with Crippen molar-refractivity contribution < 1.29 is 18.4 Å². The topological polar surface area (TPSA) is 68.5 Å². The summed E-state index contributed by atoms with van der Waals surface area (Å²) in [5, 5.41) is 3.98. The van der Waals surface area contributed by atoms with Gasteiger partial charge in [0.15, 0.2) is 0 Å². The molecule has 0 spiro atoms. The number of carbonyl (C=O) groups is 1. The smallest absolute Gasteiger partial charge is 0.254 e. The standard InChI is InChI=1S/C21H20FN3O3/c1-13-20(14(2)28-24-13)18-8-4-7-17(23-18)19-12-25(9-10-27-19)21(26)15-5-3-6-16(22)11-15/h3-8,11,19H,9-10,12H2,1-2H3. The molecule has 0 bridgehead atoms. The number of nitrogens with zero attached hydrogens (tertiary/aromatic N) is 3. The van der Waals surface area contributed by atoms with Gasteiger partial charge in [-0.2, -0.15) is 0 Å². The van der Waals surface area contributed by atoms with Crippen LogP contribution in [0.4, 0.5) is 4.39 Å². The molecule has 1 aliphatic heterocycles. The molecule has 1 amide bonds. The Morgan fingerprint density at radius 3 is 2.79 bits per heavy atom. The van der Waals surface area contributed by atoms with Crippen LogP contribution >= 0.6 is 0 Å². The zero-order valence-corrected chi connectivity index (χ0v) is 15.7. The number of ether oxygens (including phenoxy) is 1.